The number of aliphatic hydroxyl groups is 2. The van der Waals surface area contributed by atoms with Crippen LogP contribution in [0.1, 0.15) is 55.8 Å². The first-order valence-corrected chi connectivity index (χ1v) is 21.7. The molecule has 2 unspecified atom stereocenters. The first-order valence-electron chi connectivity index (χ1n) is 20.9. The Morgan fingerprint density at radius 3 is 1.33 bits per heavy atom. The van der Waals surface area contributed by atoms with Gasteiger partial charge in [0.1, 0.15) is 40.5 Å². The predicted octanol–water partition coefficient (Wildman–Crippen LogP) is 8.00. The van der Waals surface area contributed by atoms with E-state index in [1.807, 2.05) is 0 Å². The van der Waals surface area contributed by atoms with E-state index in [9.17, 15) is 39.6 Å². The van der Waals surface area contributed by atoms with Crippen LogP contribution in [0.3, 0.4) is 0 Å². The smallest absolute Gasteiger partial charge is 0.336 e. The van der Waals surface area contributed by atoms with Crippen LogP contribution in [-0.4, -0.2) is 77.5 Å². The number of benzene rings is 6. The maximum atomic E-state index is 12.1. The van der Waals surface area contributed by atoms with Crippen molar-refractivity contribution in [2.75, 3.05) is 10.6 Å². The second-order valence-corrected chi connectivity index (χ2v) is 15.7. The van der Waals surface area contributed by atoms with Gasteiger partial charge in [-0.2, -0.15) is 0 Å². The molecule has 0 amide bonds. The van der Waals surface area contributed by atoms with Crippen molar-refractivity contribution in [3.05, 3.63) is 141 Å². The number of aliphatic hydroxyl groups excluding tert-OH is 2. The highest BCUT2D eigenvalue weighted by atomic mass is 32.1. The topological polar surface area (TPSA) is 345 Å². The molecule has 2 atom stereocenters. The number of phenols is 2. The quantitative estimate of drug-likeness (QED) is 0.0180. The molecule has 72 heavy (non-hydrogen) atoms. The Balaban J connectivity index is 0.000000308. The molecule has 0 fully saturated rings. The molecule has 0 radical (unpaired) electrons. The monoisotopic (exact) mass is 1020 g/mol. The Morgan fingerprint density at radius 1 is 0.639 bits per heavy atom. The van der Waals surface area contributed by atoms with Crippen LogP contribution in [0.2, 0.25) is 0 Å². The average Bonchev–Trinajstić information content (AvgIpc) is 3.30. The van der Waals surface area contributed by atoms with Crippen molar-refractivity contribution >= 4 is 92.4 Å². The zero-order valence-electron chi connectivity index (χ0n) is 38.2. The Labute approximate surface area is 422 Å². The van der Waals surface area contributed by atoms with Crippen molar-refractivity contribution < 1.29 is 53.9 Å². The van der Waals surface area contributed by atoms with Gasteiger partial charge in [0, 0.05) is 68.7 Å². The van der Waals surface area contributed by atoms with E-state index in [1.165, 1.54) is 73.8 Å². The van der Waals surface area contributed by atoms with Gasteiger partial charge < -0.3 is 71.5 Å². The van der Waals surface area contributed by atoms with Gasteiger partial charge in [-0.05, 0) is 142 Å². The van der Waals surface area contributed by atoms with Gasteiger partial charge in [0.2, 0.25) is 0 Å². The van der Waals surface area contributed by atoms with E-state index >= 15 is 0 Å². The van der Waals surface area contributed by atoms with Crippen LogP contribution < -0.4 is 38.5 Å². The fourth-order valence-electron chi connectivity index (χ4n) is 6.64. The van der Waals surface area contributed by atoms with E-state index in [4.69, 9.17) is 65.3 Å². The number of hydrogen-bond donors (Lipinski definition) is 12. The summed E-state index contributed by atoms with van der Waals surface area (Å²) in [6.45, 7) is 6.20. The lowest BCUT2D eigenvalue weighted by molar-refractivity contribution is -0.106. The second-order valence-electron chi connectivity index (χ2n) is 14.9. The van der Waals surface area contributed by atoms with Gasteiger partial charge >= 0.3 is 11.9 Å². The summed E-state index contributed by atoms with van der Waals surface area (Å²) >= 11 is 9.78. The lowest BCUT2D eigenvalue weighted by atomic mass is 9.90. The summed E-state index contributed by atoms with van der Waals surface area (Å²) in [5.74, 6) is 3.50. The number of phenolic OH excluding ortho intramolecular Hbond substituents is 2. The molecule has 4 aromatic carbocycles. The van der Waals surface area contributed by atoms with Gasteiger partial charge in [0.25, 0.3) is 0 Å². The number of fused-ring (bicyclic) bond motifs is 4. The van der Waals surface area contributed by atoms with Gasteiger partial charge in [-0.3, -0.25) is 9.59 Å². The summed E-state index contributed by atoms with van der Waals surface area (Å²) in [4.78, 5) is 56.5. The molecule has 376 valence electrons. The van der Waals surface area contributed by atoms with Crippen LogP contribution >= 0.6 is 24.4 Å². The molecule has 2 heterocycles. The number of rotatable bonds is 7. The molecular weight excluding hydrogens is 969 g/mol. The number of carboxylic acids is 2. The third-order valence-corrected chi connectivity index (χ3v) is 10.1. The second kappa shape index (κ2) is 26.4. The summed E-state index contributed by atoms with van der Waals surface area (Å²) < 4.78 is 11.6. The Morgan fingerprint density at radius 2 is 1.00 bits per heavy atom. The number of aromatic hydroxyl groups is 2. The molecule has 8 rings (SSSR count). The van der Waals surface area contributed by atoms with Crippen LogP contribution in [0.4, 0.5) is 11.4 Å². The molecule has 4 aliphatic rings. The summed E-state index contributed by atoms with van der Waals surface area (Å²) in [6, 6.07) is 27.1. The van der Waals surface area contributed by atoms with Crippen LogP contribution in [-0.2, 0) is 4.79 Å². The summed E-state index contributed by atoms with van der Waals surface area (Å²) in [7, 11) is 0. The molecule has 0 bridgehead atoms. The maximum Gasteiger partial charge on any atom is 0.336 e. The molecule has 0 aromatic heterocycles. The minimum absolute atomic E-state index is 0. The van der Waals surface area contributed by atoms with E-state index in [0.29, 0.717) is 66.7 Å². The van der Waals surface area contributed by atoms with Crippen LogP contribution in [0, 0.1) is 5.41 Å². The van der Waals surface area contributed by atoms with Gasteiger partial charge in [-0.25, -0.2) is 15.4 Å². The minimum atomic E-state index is -1.15. The number of aldehydes is 1. The molecular formula is C51H52N6O13S2. The first-order chi connectivity index (χ1) is 33.7. The predicted molar refractivity (Wildman–Crippen MR) is 287 cm³/mol. The molecule has 14 N–H and O–H groups in total. The molecule has 19 nitrogen and oxygen atoms in total. The number of carboxylic acid groups (broad SMARTS) is 2. The van der Waals surface area contributed by atoms with Crippen molar-refractivity contribution in [1.82, 2.24) is 5.43 Å². The van der Waals surface area contributed by atoms with Crippen molar-refractivity contribution in [3.8, 4) is 56.4 Å². The molecule has 2 aliphatic heterocycles. The molecule has 21 heteroatoms. The Bertz CT molecular complexity index is 3310. The molecule has 0 saturated carbocycles. The average molecular weight is 1020 g/mol. The number of hydrazine groups is 1. The summed E-state index contributed by atoms with van der Waals surface area (Å²) in [6.07, 6.45) is 0.815. The SMILES string of the molecule is C.CC(O)C(C)O.CC=N.CC=O.NC(=S)Nc1ccc(-c2c3ccc(=O)cc-3oc3cc(O)ccc23)c(C(=O)O)c1.NNC(=S)Nc1ccc(-c2c3ccc(=O)cc-3oc3cc(O)ccc23)c(C(=O)O)c1. The van der Waals surface area contributed by atoms with Crippen LogP contribution in [0.5, 0.6) is 11.5 Å². The Hall–Kier alpha value is -8.60. The third-order valence-electron chi connectivity index (χ3n) is 9.75. The number of thiocarbonyl (C=S) groups is 2. The number of carbonyl (C=O) groups is 3. The third kappa shape index (κ3) is 14.7. The van der Waals surface area contributed by atoms with Crippen LogP contribution in [0.15, 0.2) is 128 Å². The first kappa shape index (κ1) is 57.7. The summed E-state index contributed by atoms with van der Waals surface area (Å²) in [5.41, 5.74) is 11.9. The van der Waals surface area contributed by atoms with E-state index in [0.717, 1.165) is 6.29 Å². The maximum absolute atomic E-state index is 12.1. The Kier molecular flexibility index (Phi) is 21.2. The highest BCUT2D eigenvalue weighted by molar-refractivity contribution is 7.80. The summed E-state index contributed by atoms with van der Waals surface area (Å²) in [5, 5.41) is 69.0. The highest BCUT2D eigenvalue weighted by Gasteiger charge is 2.24. The molecule has 2 aliphatic carbocycles. The van der Waals surface area contributed by atoms with Crippen LogP contribution in [0.25, 0.3) is 66.8 Å². The zero-order valence-corrected chi connectivity index (χ0v) is 39.8. The fourth-order valence-corrected chi connectivity index (χ4v) is 6.88. The number of nitrogens with two attached hydrogens (primary N) is 2. The normalized spacial score (nSPS) is 10.9. The standard InChI is InChI=1S/C21H15N3O5S.C21H14N2O5S.C4H10O2.C2H5N.C2H4O.CH4/c22-24-21(30)23-10-1-4-13(16(7-10)20(27)28)19-14-5-2-11(25)8-17(14)29-18-9-12(26)3-6-15(18)19;22-21(29)23-10-1-4-13(16(7-10)20(26)27)19-14-5-2-11(24)8-17(14)28-18-9-12(25)3-6-15(18)19;1-3(5)4(2)6;2*1-2-3;/h1-9,25H,22H2,(H,27,28)(H2,23,24,30);1-9,24H,(H,26,27)(H3,22,23,29);3-6H,1-2H3;2-3H,1H3;2H,1H3;1H4. The number of anilines is 2. The zero-order chi connectivity index (χ0) is 52.7. The van der Waals surface area contributed by atoms with Gasteiger partial charge in [0.15, 0.2) is 21.1 Å². The van der Waals surface area contributed by atoms with E-state index in [2.05, 4.69) is 16.1 Å². The fraction of sp³-hybridized carbons (Fsp3) is 0.137. The lowest BCUT2D eigenvalue weighted by Crippen LogP contribution is -2.34. The highest BCUT2D eigenvalue weighted by Crippen LogP contribution is 2.44. The minimum Gasteiger partial charge on any atom is -0.508 e. The van der Waals surface area contributed by atoms with Gasteiger partial charge in [0.05, 0.1) is 23.3 Å². The van der Waals surface area contributed by atoms with E-state index < -0.39 is 24.1 Å². The largest absolute Gasteiger partial charge is 0.508 e. The lowest BCUT2D eigenvalue weighted by Gasteiger charge is -2.17. The van der Waals surface area contributed by atoms with Crippen molar-refractivity contribution in [2.45, 2.75) is 47.3 Å². The van der Waals surface area contributed by atoms with Crippen molar-refractivity contribution in [1.29, 1.82) is 5.41 Å². The van der Waals surface area contributed by atoms with Gasteiger partial charge in [-0.15, -0.1) is 0 Å². The van der Waals surface area contributed by atoms with Crippen molar-refractivity contribution in [3.63, 3.8) is 0 Å². The molecule has 0 saturated heterocycles. The molecule has 4 aromatic rings. The van der Waals surface area contributed by atoms with Crippen molar-refractivity contribution in [2.24, 2.45) is 11.6 Å². The number of carbonyl (C=O) groups excluding carboxylic acids is 1. The van der Waals surface area contributed by atoms with E-state index in [1.54, 1.807) is 69.3 Å². The van der Waals surface area contributed by atoms with Gasteiger partial charge in [-0.1, -0.05) is 19.6 Å². The molecule has 0 spiro atoms. The number of hydrogen-bond acceptors (Lipinski definition) is 15. The van der Waals surface area contributed by atoms with E-state index in [-0.39, 0.29) is 62.7 Å². The number of aromatic carboxylic acids is 2. The number of nitrogens with one attached hydrogen (secondary N) is 4.